The first-order chi connectivity index (χ1) is 7.41. The third kappa shape index (κ3) is 1.62. The van der Waals surface area contributed by atoms with Crippen molar-refractivity contribution < 1.29 is 22.9 Å². The highest BCUT2D eigenvalue weighted by molar-refractivity contribution is 7.90. The number of rotatable bonds is 2. The van der Waals surface area contributed by atoms with Crippen LogP contribution < -0.4 is 0 Å². The van der Waals surface area contributed by atoms with Crippen LogP contribution in [0.5, 0.6) is 0 Å². The van der Waals surface area contributed by atoms with Crippen molar-refractivity contribution in [2.75, 3.05) is 0 Å². The molecule has 2 N–H and O–H groups in total. The SMILES string of the molecule is O=C(O)C1C(S(=O)(=O)O)=Cc2ccccc21. The van der Waals surface area contributed by atoms with Gasteiger partial charge in [-0.3, -0.25) is 9.35 Å². The minimum absolute atomic E-state index is 0.377. The molecule has 0 fully saturated rings. The second-order valence-corrected chi connectivity index (χ2v) is 4.84. The first-order valence-corrected chi connectivity index (χ1v) is 5.86. The second-order valence-electron chi connectivity index (χ2n) is 3.42. The summed E-state index contributed by atoms with van der Waals surface area (Å²) in [6.07, 6.45) is 1.18. The molecule has 2 rings (SSSR count). The first kappa shape index (κ1) is 10.8. The van der Waals surface area contributed by atoms with E-state index >= 15 is 0 Å². The molecule has 5 nitrogen and oxygen atoms in total. The average Bonchev–Trinajstić information content (AvgIpc) is 2.55. The Balaban J connectivity index is 2.65. The van der Waals surface area contributed by atoms with E-state index < -0.39 is 26.9 Å². The fourth-order valence-corrected chi connectivity index (χ4v) is 2.57. The predicted octanol–water partition coefficient (Wildman–Crippen LogP) is 1.10. The summed E-state index contributed by atoms with van der Waals surface area (Å²) in [4.78, 5) is 10.5. The number of aliphatic carboxylic acids is 1. The van der Waals surface area contributed by atoms with Crippen molar-refractivity contribution in [1.82, 2.24) is 0 Å². The van der Waals surface area contributed by atoms with E-state index in [9.17, 15) is 13.2 Å². The zero-order chi connectivity index (χ0) is 11.9. The van der Waals surface area contributed by atoms with Gasteiger partial charge in [0.15, 0.2) is 0 Å². The Labute approximate surface area is 91.8 Å². The maximum Gasteiger partial charge on any atom is 0.316 e. The fourth-order valence-electron chi connectivity index (χ4n) is 1.77. The average molecular weight is 240 g/mol. The summed E-state index contributed by atoms with van der Waals surface area (Å²) in [5, 5.41) is 8.98. The van der Waals surface area contributed by atoms with Crippen LogP contribution in [0.1, 0.15) is 17.0 Å². The highest BCUT2D eigenvalue weighted by atomic mass is 32.2. The normalized spacial score (nSPS) is 19.1. The van der Waals surface area contributed by atoms with Crippen LogP contribution in [0.2, 0.25) is 0 Å². The van der Waals surface area contributed by atoms with Gasteiger partial charge in [-0.05, 0) is 17.2 Å². The lowest BCUT2D eigenvalue weighted by Crippen LogP contribution is -2.16. The van der Waals surface area contributed by atoms with Crippen LogP contribution in [0.25, 0.3) is 6.08 Å². The first-order valence-electron chi connectivity index (χ1n) is 4.42. The van der Waals surface area contributed by atoms with Crippen molar-refractivity contribution in [2.45, 2.75) is 5.92 Å². The molecular formula is C10H8O5S. The van der Waals surface area contributed by atoms with E-state index in [0.717, 1.165) is 0 Å². The number of benzene rings is 1. The summed E-state index contributed by atoms with van der Waals surface area (Å²) in [6, 6.07) is 6.42. The van der Waals surface area contributed by atoms with Gasteiger partial charge in [-0.1, -0.05) is 24.3 Å². The molecule has 0 amide bonds. The van der Waals surface area contributed by atoms with Crippen molar-refractivity contribution in [1.29, 1.82) is 0 Å². The van der Waals surface area contributed by atoms with Gasteiger partial charge in [-0.15, -0.1) is 0 Å². The summed E-state index contributed by atoms with van der Waals surface area (Å²) in [5.74, 6) is -2.61. The van der Waals surface area contributed by atoms with Gasteiger partial charge < -0.3 is 5.11 Å². The lowest BCUT2D eigenvalue weighted by Gasteiger charge is -2.09. The Bertz CT molecular complexity index is 585. The molecule has 1 aliphatic carbocycles. The Kier molecular flexibility index (Phi) is 2.32. The lowest BCUT2D eigenvalue weighted by molar-refractivity contribution is -0.137. The molecular weight excluding hydrogens is 232 g/mol. The Morgan fingerprint density at radius 2 is 1.88 bits per heavy atom. The molecule has 84 valence electrons. The topological polar surface area (TPSA) is 91.7 Å². The molecule has 0 spiro atoms. The van der Waals surface area contributed by atoms with Gasteiger partial charge >= 0.3 is 5.97 Å². The van der Waals surface area contributed by atoms with Crippen LogP contribution in [0, 0.1) is 0 Å². The number of carboxylic acid groups (broad SMARTS) is 1. The van der Waals surface area contributed by atoms with Gasteiger partial charge in [0.05, 0.1) is 4.91 Å². The number of hydrogen-bond acceptors (Lipinski definition) is 3. The van der Waals surface area contributed by atoms with E-state index in [2.05, 4.69) is 0 Å². The molecule has 0 saturated heterocycles. The summed E-state index contributed by atoms with van der Waals surface area (Å²) in [5.41, 5.74) is 0.880. The molecule has 1 atom stereocenters. The molecule has 6 heteroatoms. The quantitative estimate of drug-likeness (QED) is 0.755. The van der Waals surface area contributed by atoms with Crippen molar-refractivity contribution >= 4 is 22.2 Å². The highest BCUT2D eigenvalue weighted by Crippen LogP contribution is 2.38. The summed E-state index contributed by atoms with van der Waals surface area (Å²) >= 11 is 0. The summed E-state index contributed by atoms with van der Waals surface area (Å²) in [6.45, 7) is 0. The van der Waals surface area contributed by atoms with E-state index in [1.807, 2.05) is 0 Å². The number of carboxylic acids is 1. The van der Waals surface area contributed by atoms with Crippen molar-refractivity contribution in [3.8, 4) is 0 Å². The second kappa shape index (κ2) is 3.43. The molecule has 1 aromatic rings. The summed E-state index contributed by atoms with van der Waals surface area (Å²) < 4.78 is 31.0. The van der Waals surface area contributed by atoms with Crippen LogP contribution in [-0.4, -0.2) is 24.0 Å². The smallest absolute Gasteiger partial charge is 0.316 e. The molecule has 0 aliphatic heterocycles. The highest BCUT2D eigenvalue weighted by Gasteiger charge is 2.37. The van der Waals surface area contributed by atoms with Gasteiger partial charge in [0.2, 0.25) is 0 Å². The van der Waals surface area contributed by atoms with Gasteiger partial charge in [-0.25, -0.2) is 0 Å². The molecule has 0 aromatic heterocycles. The zero-order valence-electron chi connectivity index (χ0n) is 7.99. The van der Waals surface area contributed by atoms with E-state index in [0.29, 0.717) is 11.1 Å². The van der Waals surface area contributed by atoms with Crippen LogP contribution >= 0.6 is 0 Å². The van der Waals surface area contributed by atoms with Crippen LogP contribution in [0.15, 0.2) is 29.2 Å². The van der Waals surface area contributed by atoms with E-state index in [1.54, 1.807) is 18.2 Å². The molecule has 0 heterocycles. The lowest BCUT2D eigenvalue weighted by atomic mass is 10.0. The minimum Gasteiger partial charge on any atom is -0.481 e. The Hall–Kier alpha value is -1.66. The maximum absolute atomic E-state index is 11.0. The maximum atomic E-state index is 11.0. The van der Waals surface area contributed by atoms with Gasteiger partial charge in [0, 0.05) is 0 Å². The predicted molar refractivity (Wildman–Crippen MR) is 56.3 cm³/mol. The molecule has 16 heavy (non-hydrogen) atoms. The minimum atomic E-state index is -4.48. The molecule has 1 unspecified atom stereocenters. The largest absolute Gasteiger partial charge is 0.481 e. The van der Waals surface area contributed by atoms with Crippen LogP contribution in [-0.2, 0) is 14.9 Å². The third-order valence-electron chi connectivity index (χ3n) is 2.43. The zero-order valence-corrected chi connectivity index (χ0v) is 8.81. The van der Waals surface area contributed by atoms with E-state index in [-0.39, 0.29) is 0 Å². The number of hydrogen-bond donors (Lipinski definition) is 2. The monoisotopic (exact) mass is 240 g/mol. The van der Waals surface area contributed by atoms with E-state index in [1.165, 1.54) is 12.1 Å². The third-order valence-corrected chi connectivity index (χ3v) is 3.38. The van der Waals surface area contributed by atoms with Crippen LogP contribution in [0.3, 0.4) is 0 Å². The standard InChI is InChI=1S/C10H8O5S/c11-10(12)9-7-4-2-1-3-6(7)5-8(9)16(13,14)15/h1-5,9H,(H,11,12)(H,13,14,15). The van der Waals surface area contributed by atoms with Gasteiger partial charge in [-0.2, -0.15) is 8.42 Å². The number of carbonyl (C=O) groups is 1. The van der Waals surface area contributed by atoms with Gasteiger partial charge in [0.1, 0.15) is 5.92 Å². The molecule has 0 bridgehead atoms. The molecule has 0 radical (unpaired) electrons. The fraction of sp³-hybridized carbons (Fsp3) is 0.100. The molecule has 1 aromatic carbocycles. The van der Waals surface area contributed by atoms with Crippen molar-refractivity contribution in [2.24, 2.45) is 0 Å². The Morgan fingerprint density at radius 1 is 1.25 bits per heavy atom. The van der Waals surface area contributed by atoms with E-state index in [4.69, 9.17) is 9.66 Å². The summed E-state index contributed by atoms with van der Waals surface area (Å²) in [7, 11) is -4.48. The molecule has 1 aliphatic rings. The number of fused-ring (bicyclic) bond motifs is 1. The van der Waals surface area contributed by atoms with Crippen molar-refractivity contribution in [3.05, 3.63) is 40.3 Å². The van der Waals surface area contributed by atoms with Crippen molar-refractivity contribution in [3.63, 3.8) is 0 Å². The molecule has 0 saturated carbocycles. The van der Waals surface area contributed by atoms with Crippen LogP contribution in [0.4, 0.5) is 0 Å². The Morgan fingerprint density at radius 3 is 2.44 bits per heavy atom. The van der Waals surface area contributed by atoms with Gasteiger partial charge in [0.25, 0.3) is 10.1 Å².